The van der Waals surface area contributed by atoms with Crippen LogP contribution in [0.15, 0.2) is 12.5 Å². The zero-order valence-corrected chi connectivity index (χ0v) is 9.61. The van der Waals surface area contributed by atoms with E-state index in [-0.39, 0.29) is 0 Å². The Balaban J connectivity index is 2.04. The van der Waals surface area contributed by atoms with Gasteiger partial charge in [0.2, 0.25) is 0 Å². The molecule has 0 radical (unpaired) electrons. The van der Waals surface area contributed by atoms with Crippen molar-refractivity contribution in [1.29, 1.82) is 0 Å². The Kier molecular flexibility index (Phi) is 3.19. The van der Waals surface area contributed by atoms with Crippen LogP contribution in [-0.2, 0) is 0 Å². The summed E-state index contributed by atoms with van der Waals surface area (Å²) in [6, 6.07) is 0. The predicted octanol–water partition coefficient (Wildman–Crippen LogP) is 2.41. The van der Waals surface area contributed by atoms with Crippen LogP contribution in [0.4, 0.5) is 5.82 Å². The number of piperidine rings is 1. The van der Waals surface area contributed by atoms with Crippen molar-refractivity contribution < 1.29 is 0 Å². The minimum atomic E-state index is 0.920. The van der Waals surface area contributed by atoms with E-state index < -0.39 is 0 Å². The van der Waals surface area contributed by atoms with E-state index >= 15 is 0 Å². The summed E-state index contributed by atoms with van der Waals surface area (Å²) in [4.78, 5) is 10.8. The number of aryl methyl sites for hydroxylation is 1. The summed E-state index contributed by atoms with van der Waals surface area (Å²) < 4.78 is 0. The van der Waals surface area contributed by atoms with E-state index in [9.17, 15) is 0 Å². The average Bonchev–Trinajstić information content (AvgIpc) is 2.30. The maximum absolute atomic E-state index is 4.37. The molecule has 15 heavy (non-hydrogen) atoms. The predicted molar refractivity (Wildman–Crippen MR) is 62.0 cm³/mol. The van der Waals surface area contributed by atoms with Gasteiger partial charge in [-0.2, -0.15) is 0 Å². The van der Waals surface area contributed by atoms with Crippen LogP contribution in [0.25, 0.3) is 0 Å². The summed E-state index contributed by atoms with van der Waals surface area (Å²) in [5.74, 6) is 2.04. The lowest BCUT2D eigenvalue weighted by atomic mass is 9.94. The van der Waals surface area contributed by atoms with Gasteiger partial charge in [0, 0.05) is 24.8 Å². The van der Waals surface area contributed by atoms with Crippen LogP contribution in [-0.4, -0.2) is 23.1 Å². The monoisotopic (exact) mass is 205 g/mol. The molecule has 1 aliphatic rings. The van der Waals surface area contributed by atoms with Gasteiger partial charge < -0.3 is 4.90 Å². The maximum atomic E-state index is 4.37. The molecule has 0 aliphatic carbocycles. The normalized spacial score (nSPS) is 18.1. The topological polar surface area (TPSA) is 29.0 Å². The second kappa shape index (κ2) is 4.60. The van der Waals surface area contributed by atoms with E-state index in [1.807, 2.05) is 6.20 Å². The first-order chi connectivity index (χ1) is 7.31. The highest BCUT2D eigenvalue weighted by Gasteiger charge is 2.19. The molecule has 0 amide bonds. The molecular weight excluding hydrogens is 186 g/mol. The van der Waals surface area contributed by atoms with Crippen LogP contribution in [0.3, 0.4) is 0 Å². The van der Waals surface area contributed by atoms with E-state index in [1.54, 1.807) is 6.33 Å². The van der Waals surface area contributed by atoms with Crippen molar-refractivity contribution in [3.05, 3.63) is 18.1 Å². The summed E-state index contributed by atoms with van der Waals surface area (Å²) in [5, 5.41) is 0. The highest BCUT2D eigenvalue weighted by molar-refractivity contribution is 5.44. The van der Waals surface area contributed by atoms with Gasteiger partial charge in [0.05, 0.1) is 0 Å². The van der Waals surface area contributed by atoms with Crippen LogP contribution >= 0.6 is 0 Å². The molecular formula is C12H19N3. The van der Waals surface area contributed by atoms with Crippen molar-refractivity contribution in [3.8, 4) is 0 Å². The molecule has 0 atom stereocenters. The molecule has 1 aromatic heterocycles. The van der Waals surface area contributed by atoms with E-state index in [2.05, 4.69) is 28.7 Å². The Morgan fingerprint density at radius 2 is 2.13 bits per heavy atom. The molecule has 2 heterocycles. The third-order valence-corrected chi connectivity index (χ3v) is 3.36. The Labute approximate surface area is 91.5 Å². The smallest absolute Gasteiger partial charge is 0.134 e. The van der Waals surface area contributed by atoms with E-state index in [0.29, 0.717) is 0 Å². The molecule has 1 saturated heterocycles. The fourth-order valence-corrected chi connectivity index (χ4v) is 2.28. The van der Waals surface area contributed by atoms with Gasteiger partial charge in [0.1, 0.15) is 12.1 Å². The average molecular weight is 205 g/mol. The molecule has 1 aromatic rings. The van der Waals surface area contributed by atoms with Crippen molar-refractivity contribution in [2.75, 3.05) is 18.0 Å². The summed E-state index contributed by atoms with van der Waals surface area (Å²) in [5.41, 5.74) is 1.19. The molecule has 3 heteroatoms. The number of nitrogens with zero attached hydrogens (tertiary/aromatic N) is 3. The van der Waals surface area contributed by atoms with Crippen molar-refractivity contribution >= 4 is 5.82 Å². The summed E-state index contributed by atoms with van der Waals surface area (Å²) >= 11 is 0. The Bertz CT molecular complexity index is 316. The minimum absolute atomic E-state index is 0.920. The molecule has 0 bridgehead atoms. The number of aromatic nitrogens is 2. The zero-order valence-electron chi connectivity index (χ0n) is 9.61. The lowest BCUT2D eigenvalue weighted by Crippen LogP contribution is -2.34. The molecule has 0 unspecified atom stereocenters. The number of hydrogen-bond acceptors (Lipinski definition) is 3. The van der Waals surface area contributed by atoms with E-state index in [1.165, 1.54) is 24.8 Å². The van der Waals surface area contributed by atoms with E-state index in [0.717, 1.165) is 24.8 Å². The van der Waals surface area contributed by atoms with Crippen LogP contribution in [0.1, 0.15) is 31.7 Å². The van der Waals surface area contributed by atoms with Crippen LogP contribution in [0, 0.1) is 12.8 Å². The van der Waals surface area contributed by atoms with Gasteiger partial charge in [-0.15, -0.1) is 0 Å². The van der Waals surface area contributed by atoms with Crippen molar-refractivity contribution in [3.63, 3.8) is 0 Å². The molecule has 0 spiro atoms. The van der Waals surface area contributed by atoms with Crippen LogP contribution in [0.2, 0.25) is 0 Å². The number of rotatable bonds is 2. The second-order valence-corrected chi connectivity index (χ2v) is 4.37. The van der Waals surface area contributed by atoms with Gasteiger partial charge in [0.15, 0.2) is 0 Å². The van der Waals surface area contributed by atoms with Crippen molar-refractivity contribution in [2.45, 2.75) is 33.1 Å². The SMILES string of the molecule is CCC1CCN(c2ncncc2C)CC1. The Morgan fingerprint density at radius 3 is 2.73 bits per heavy atom. The lowest BCUT2D eigenvalue weighted by Gasteiger charge is -2.32. The van der Waals surface area contributed by atoms with Gasteiger partial charge in [0.25, 0.3) is 0 Å². The fraction of sp³-hybridized carbons (Fsp3) is 0.667. The molecule has 0 aromatic carbocycles. The van der Waals surface area contributed by atoms with Gasteiger partial charge in [-0.3, -0.25) is 0 Å². The highest BCUT2D eigenvalue weighted by Crippen LogP contribution is 2.24. The number of hydrogen-bond donors (Lipinski definition) is 0. The van der Waals surface area contributed by atoms with E-state index in [4.69, 9.17) is 0 Å². The number of anilines is 1. The molecule has 0 saturated carbocycles. The fourth-order valence-electron chi connectivity index (χ4n) is 2.28. The largest absolute Gasteiger partial charge is 0.356 e. The lowest BCUT2D eigenvalue weighted by molar-refractivity contribution is 0.393. The summed E-state index contributed by atoms with van der Waals surface area (Å²) in [6.45, 7) is 6.67. The van der Waals surface area contributed by atoms with Crippen molar-refractivity contribution in [2.24, 2.45) is 5.92 Å². The maximum Gasteiger partial charge on any atom is 0.134 e. The summed E-state index contributed by atoms with van der Waals surface area (Å²) in [6.07, 6.45) is 7.47. The first kappa shape index (κ1) is 10.4. The zero-order chi connectivity index (χ0) is 10.7. The third kappa shape index (κ3) is 2.28. The van der Waals surface area contributed by atoms with Gasteiger partial charge in [-0.05, 0) is 25.7 Å². The molecule has 1 fully saturated rings. The molecule has 3 nitrogen and oxygen atoms in total. The highest BCUT2D eigenvalue weighted by atomic mass is 15.2. The quantitative estimate of drug-likeness (QED) is 0.742. The Morgan fingerprint density at radius 1 is 1.40 bits per heavy atom. The molecule has 0 N–H and O–H groups in total. The van der Waals surface area contributed by atoms with Crippen molar-refractivity contribution in [1.82, 2.24) is 9.97 Å². The first-order valence-electron chi connectivity index (χ1n) is 5.82. The first-order valence-corrected chi connectivity index (χ1v) is 5.82. The molecule has 2 rings (SSSR count). The Hall–Kier alpha value is -1.12. The standard InChI is InChI=1S/C12H19N3/c1-3-11-4-6-15(7-5-11)12-10(2)8-13-9-14-12/h8-9,11H,3-7H2,1-2H3. The van der Waals surface area contributed by atoms with Crippen LogP contribution < -0.4 is 4.90 Å². The molecule has 82 valence electrons. The van der Waals surface area contributed by atoms with Gasteiger partial charge in [-0.25, -0.2) is 9.97 Å². The minimum Gasteiger partial charge on any atom is -0.356 e. The second-order valence-electron chi connectivity index (χ2n) is 4.37. The summed E-state index contributed by atoms with van der Waals surface area (Å²) in [7, 11) is 0. The van der Waals surface area contributed by atoms with Gasteiger partial charge >= 0.3 is 0 Å². The molecule has 1 aliphatic heterocycles. The van der Waals surface area contributed by atoms with Crippen LogP contribution in [0.5, 0.6) is 0 Å². The third-order valence-electron chi connectivity index (χ3n) is 3.36. The van der Waals surface area contributed by atoms with Gasteiger partial charge in [-0.1, -0.05) is 13.3 Å².